The lowest BCUT2D eigenvalue weighted by Gasteiger charge is -2.27. The molecule has 0 radical (unpaired) electrons. The predicted octanol–water partition coefficient (Wildman–Crippen LogP) is 3.74. The molecule has 0 bridgehead atoms. The van der Waals surface area contributed by atoms with Gasteiger partial charge < -0.3 is 10.2 Å². The fraction of sp³-hybridized carbons (Fsp3) is 0.391. The lowest BCUT2D eigenvalue weighted by Crippen LogP contribution is -2.30. The predicted molar refractivity (Wildman–Crippen MR) is 116 cm³/mol. The second-order valence-electron chi connectivity index (χ2n) is 8.27. The Bertz CT molecular complexity index is 1060. The lowest BCUT2D eigenvalue weighted by molar-refractivity contribution is -0.116. The van der Waals surface area contributed by atoms with Crippen molar-refractivity contribution in [3.63, 3.8) is 0 Å². The molecule has 7 nitrogen and oxygen atoms in total. The van der Waals surface area contributed by atoms with Crippen LogP contribution in [0.4, 0.5) is 11.6 Å². The first-order valence-corrected chi connectivity index (χ1v) is 10.6. The zero-order valence-corrected chi connectivity index (χ0v) is 17.4. The molecule has 5 rings (SSSR count). The number of hydrogen-bond donors (Lipinski definition) is 1. The number of piperidine rings is 1. The van der Waals surface area contributed by atoms with E-state index in [-0.39, 0.29) is 11.8 Å². The van der Waals surface area contributed by atoms with Crippen molar-refractivity contribution in [2.75, 3.05) is 23.3 Å². The highest BCUT2D eigenvalue weighted by molar-refractivity contribution is 5.95. The second kappa shape index (κ2) is 7.55. The number of fused-ring (bicyclic) bond motifs is 1. The SMILES string of the molecule is Cc1ccc([C@H]2CC(=O)Nc3c2c(C)nn3-c2ccc(N3CCCCC3)nn2)cc1. The highest BCUT2D eigenvalue weighted by Gasteiger charge is 2.33. The number of aryl methyl sites for hydroxylation is 2. The van der Waals surface area contributed by atoms with Crippen LogP contribution in [0.3, 0.4) is 0 Å². The zero-order valence-electron chi connectivity index (χ0n) is 17.4. The summed E-state index contributed by atoms with van der Waals surface area (Å²) in [4.78, 5) is 14.8. The summed E-state index contributed by atoms with van der Waals surface area (Å²) in [6, 6.07) is 12.3. The highest BCUT2D eigenvalue weighted by Crippen LogP contribution is 2.40. The van der Waals surface area contributed by atoms with Gasteiger partial charge >= 0.3 is 0 Å². The number of amides is 1. The number of carbonyl (C=O) groups is 1. The van der Waals surface area contributed by atoms with Gasteiger partial charge in [0.15, 0.2) is 11.6 Å². The smallest absolute Gasteiger partial charge is 0.226 e. The third-order valence-corrected chi connectivity index (χ3v) is 6.12. The van der Waals surface area contributed by atoms with E-state index in [2.05, 4.69) is 51.6 Å². The number of aromatic nitrogens is 4. The van der Waals surface area contributed by atoms with Gasteiger partial charge in [-0.3, -0.25) is 4.79 Å². The van der Waals surface area contributed by atoms with Gasteiger partial charge in [-0.2, -0.15) is 9.78 Å². The summed E-state index contributed by atoms with van der Waals surface area (Å²) in [6.45, 7) is 6.11. The van der Waals surface area contributed by atoms with Crippen molar-refractivity contribution in [2.45, 2.75) is 45.4 Å². The minimum atomic E-state index is -0.0105. The van der Waals surface area contributed by atoms with Gasteiger partial charge in [0.05, 0.1) is 5.69 Å². The van der Waals surface area contributed by atoms with Crippen LogP contribution in [0.15, 0.2) is 36.4 Å². The summed E-state index contributed by atoms with van der Waals surface area (Å²) in [5.74, 6) is 2.20. The summed E-state index contributed by atoms with van der Waals surface area (Å²) in [5, 5.41) is 16.6. The van der Waals surface area contributed by atoms with Crippen molar-refractivity contribution in [3.05, 3.63) is 58.8 Å². The molecule has 1 atom stereocenters. The van der Waals surface area contributed by atoms with Crippen molar-refractivity contribution in [1.29, 1.82) is 0 Å². The second-order valence-corrected chi connectivity index (χ2v) is 8.27. The Balaban J connectivity index is 1.51. The van der Waals surface area contributed by atoms with Crippen molar-refractivity contribution >= 4 is 17.5 Å². The van der Waals surface area contributed by atoms with Crippen LogP contribution in [0.1, 0.15) is 54.0 Å². The Morgan fingerprint density at radius 1 is 0.933 bits per heavy atom. The van der Waals surface area contributed by atoms with E-state index in [0.717, 1.165) is 35.7 Å². The molecule has 1 amide bonds. The topological polar surface area (TPSA) is 75.9 Å². The van der Waals surface area contributed by atoms with Crippen LogP contribution >= 0.6 is 0 Å². The number of benzene rings is 1. The van der Waals surface area contributed by atoms with Crippen LogP contribution in [-0.2, 0) is 4.79 Å². The number of rotatable bonds is 3. The molecule has 2 aliphatic heterocycles. The first kappa shape index (κ1) is 18.8. The summed E-state index contributed by atoms with van der Waals surface area (Å²) >= 11 is 0. The molecule has 1 fully saturated rings. The molecule has 154 valence electrons. The van der Waals surface area contributed by atoms with E-state index >= 15 is 0 Å². The van der Waals surface area contributed by atoms with Gasteiger partial charge in [-0.25, -0.2) is 0 Å². The first-order chi connectivity index (χ1) is 14.6. The third kappa shape index (κ3) is 3.34. The van der Waals surface area contributed by atoms with Crippen molar-refractivity contribution < 1.29 is 4.79 Å². The highest BCUT2D eigenvalue weighted by atomic mass is 16.1. The minimum Gasteiger partial charge on any atom is -0.355 e. The molecule has 0 saturated carbocycles. The molecule has 0 aliphatic carbocycles. The molecule has 1 saturated heterocycles. The van der Waals surface area contributed by atoms with Crippen LogP contribution in [-0.4, -0.2) is 39.0 Å². The van der Waals surface area contributed by atoms with Crippen molar-refractivity contribution in [3.8, 4) is 5.82 Å². The molecule has 30 heavy (non-hydrogen) atoms. The van der Waals surface area contributed by atoms with E-state index in [4.69, 9.17) is 5.10 Å². The van der Waals surface area contributed by atoms with Crippen LogP contribution in [0, 0.1) is 13.8 Å². The Kier molecular flexibility index (Phi) is 4.73. The molecular weight excluding hydrogens is 376 g/mol. The average molecular weight is 403 g/mol. The molecule has 3 aromatic rings. The number of nitrogens with one attached hydrogen (secondary N) is 1. The first-order valence-electron chi connectivity index (χ1n) is 10.6. The molecule has 2 aromatic heterocycles. The average Bonchev–Trinajstić information content (AvgIpc) is 3.10. The van der Waals surface area contributed by atoms with E-state index in [1.807, 2.05) is 19.1 Å². The Morgan fingerprint density at radius 2 is 1.63 bits per heavy atom. The maximum Gasteiger partial charge on any atom is 0.226 e. The summed E-state index contributed by atoms with van der Waals surface area (Å²) in [5.41, 5.74) is 4.29. The molecule has 1 aromatic carbocycles. The fourth-order valence-electron chi connectivity index (χ4n) is 4.52. The van der Waals surface area contributed by atoms with E-state index in [1.165, 1.54) is 24.8 Å². The van der Waals surface area contributed by atoms with E-state index in [9.17, 15) is 4.79 Å². The molecule has 0 spiro atoms. The Labute approximate surface area is 176 Å². The van der Waals surface area contributed by atoms with Crippen LogP contribution in [0.2, 0.25) is 0 Å². The Morgan fingerprint density at radius 3 is 2.33 bits per heavy atom. The van der Waals surface area contributed by atoms with Crippen LogP contribution in [0.25, 0.3) is 5.82 Å². The molecule has 0 unspecified atom stereocenters. The Hall–Kier alpha value is -3.22. The van der Waals surface area contributed by atoms with Gasteiger partial charge in [0, 0.05) is 31.0 Å². The van der Waals surface area contributed by atoms with Crippen LogP contribution in [0.5, 0.6) is 0 Å². The van der Waals surface area contributed by atoms with E-state index < -0.39 is 0 Å². The van der Waals surface area contributed by atoms with Crippen molar-refractivity contribution in [1.82, 2.24) is 20.0 Å². The largest absolute Gasteiger partial charge is 0.355 e. The number of nitrogens with zero attached hydrogens (tertiary/aromatic N) is 5. The normalized spacial score (nSPS) is 18.8. The number of anilines is 2. The standard InChI is InChI=1S/C23H26N6O/c1-15-6-8-17(9-7-15)18-14-21(30)24-23-22(18)16(2)27-29(23)20-11-10-19(25-26-20)28-12-4-3-5-13-28/h6-11,18H,3-5,12-14H2,1-2H3,(H,24,30)/t18-/m1/s1. The quantitative estimate of drug-likeness (QED) is 0.722. The van der Waals surface area contributed by atoms with E-state index in [0.29, 0.717) is 18.1 Å². The van der Waals surface area contributed by atoms with Gasteiger partial charge in [0.2, 0.25) is 5.91 Å². The summed E-state index contributed by atoms with van der Waals surface area (Å²) in [7, 11) is 0. The molecule has 2 aliphatic rings. The molecule has 1 N–H and O–H groups in total. The van der Waals surface area contributed by atoms with Crippen molar-refractivity contribution in [2.24, 2.45) is 0 Å². The van der Waals surface area contributed by atoms with Gasteiger partial charge in [-0.05, 0) is 50.8 Å². The third-order valence-electron chi connectivity index (χ3n) is 6.12. The van der Waals surface area contributed by atoms with E-state index in [1.54, 1.807) is 4.68 Å². The minimum absolute atomic E-state index is 0.00730. The summed E-state index contributed by atoms with van der Waals surface area (Å²) in [6.07, 6.45) is 4.09. The number of hydrogen-bond acceptors (Lipinski definition) is 5. The number of carbonyl (C=O) groups excluding carboxylic acids is 1. The molecular formula is C23H26N6O. The fourth-order valence-corrected chi connectivity index (χ4v) is 4.52. The van der Waals surface area contributed by atoms with Gasteiger partial charge in [0.25, 0.3) is 0 Å². The van der Waals surface area contributed by atoms with Gasteiger partial charge in [0.1, 0.15) is 5.82 Å². The summed E-state index contributed by atoms with van der Waals surface area (Å²) < 4.78 is 1.72. The van der Waals surface area contributed by atoms with Gasteiger partial charge in [-0.15, -0.1) is 10.2 Å². The maximum atomic E-state index is 12.5. The zero-order chi connectivity index (χ0) is 20.7. The van der Waals surface area contributed by atoms with Gasteiger partial charge in [-0.1, -0.05) is 29.8 Å². The lowest BCUT2D eigenvalue weighted by atomic mass is 9.85. The molecule has 4 heterocycles. The maximum absolute atomic E-state index is 12.5. The molecule has 7 heteroatoms. The monoisotopic (exact) mass is 402 g/mol. The van der Waals surface area contributed by atoms with Crippen LogP contribution < -0.4 is 10.2 Å².